The summed E-state index contributed by atoms with van der Waals surface area (Å²) < 4.78 is 0. The summed E-state index contributed by atoms with van der Waals surface area (Å²) in [6.07, 6.45) is 0.350. The Balaban J connectivity index is 2.11. The van der Waals surface area contributed by atoms with Crippen LogP contribution in [0.15, 0.2) is 48.5 Å². The number of nitro groups is 1. The number of aliphatic carboxylic acids is 1. The third kappa shape index (κ3) is 5.12. The Bertz CT molecular complexity index is 744. The SMILES string of the molecule is CC(C)c1ccc(CN[C@@H](Cc2ccccc2)C(=O)O)cc1[N+](=O)[O-]. The van der Waals surface area contributed by atoms with E-state index in [-0.39, 0.29) is 18.2 Å². The number of nitrogens with zero attached hydrogens (tertiary/aromatic N) is 1. The van der Waals surface area contributed by atoms with E-state index in [4.69, 9.17) is 0 Å². The van der Waals surface area contributed by atoms with Crippen LogP contribution >= 0.6 is 0 Å². The van der Waals surface area contributed by atoms with Gasteiger partial charge in [-0.3, -0.25) is 14.9 Å². The van der Waals surface area contributed by atoms with E-state index in [0.717, 1.165) is 5.56 Å². The maximum absolute atomic E-state index is 11.5. The summed E-state index contributed by atoms with van der Waals surface area (Å²) in [5.41, 5.74) is 2.36. The molecule has 1 atom stereocenters. The van der Waals surface area contributed by atoms with E-state index >= 15 is 0 Å². The van der Waals surface area contributed by atoms with Crippen molar-refractivity contribution in [3.8, 4) is 0 Å². The predicted octanol–water partition coefficient (Wildman–Crippen LogP) is 3.50. The zero-order valence-corrected chi connectivity index (χ0v) is 14.3. The standard InChI is InChI=1S/C19H22N2O4/c1-13(2)16-9-8-15(11-18(16)21(24)25)12-20-17(19(22)23)10-14-6-4-3-5-7-14/h3-9,11,13,17,20H,10,12H2,1-2H3,(H,22,23)/t17-/m0/s1. The van der Waals surface area contributed by atoms with Gasteiger partial charge >= 0.3 is 5.97 Å². The average Bonchev–Trinajstić information content (AvgIpc) is 2.58. The molecule has 0 radical (unpaired) electrons. The van der Waals surface area contributed by atoms with E-state index in [1.807, 2.05) is 44.2 Å². The van der Waals surface area contributed by atoms with Gasteiger partial charge in [0.2, 0.25) is 0 Å². The number of hydrogen-bond donors (Lipinski definition) is 2. The number of carboxylic acids is 1. The Morgan fingerprint density at radius 1 is 1.16 bits per heavy atom. The molecule has 0 fully saturated rings. The highest BCUT2D eigenvalue weighted by Gasteiger charge is 2.20. The monoisotopic (exact) mass is 342 g/mol. The maximum Gasteiger partial charge on any atom is 0.321 e. The van der Waals surface area contributed by atoms with Crippen molar-refractivity contribution in [3.63, 3.8) is 0 Å². The Labute approximate surface area is 146 Å². The summed E-state index contributed by atoms with van der Waals surface area (Å²) in [5, 5.41) is 23.6. The van der Waals surface area contributed by atoms with Gasteiger partial charge in [-0.15, -0.1) is 0 Å². The number of carboxylic acid groups (broad SMARTS) is 1. The van der Waals surface area contributed by atoms with Crippen LogP contribution in [-0.4, -0.2) is 22.0 Å². The zero-order chi connectivity index (χ0) is 18.4. The second kappa shape index (κ2) is 8.39. The van der Waals surface area contributed by atoms with Crippen LogP contribution in [0.25, 0.3) is 0 Å². The molecule has 6 heteroatoms. The molecule has 2 aromatic rings. The fraction of sp³-hybridized carbons (Fsp3) is 0.316. The lowest BCUT2D eigenvalue weighted by Gasteiger charge is -2.15. The Hall–Kier alpha value is -2.73. The minimum atomic E-state index is -0.947. The topological polar surface area (TPSA) is 92.5 Å². The smallest absolute Gasteiger partial charge is 0.321 e. The molecule has 0 unspecified atom stereocenters. The van der Waals surface area contributed by atoms with Crippen molar-refractivity contribution >= 4 is 11.7 Å². The van der Waals surface area contributed by atoms with Gasteiger partial charge in [-0.2, -0.15) is 0 Å². The second-order valence-corrected chi connectivity index (χ2v) is 6.27. The van der Waals surface area contributed by atoms with Crippen molar-refractivity contribution in [2.75, 3.05) is 0 Å². The molecule has 0 aromatic heterocycles. The van der Waals surface area contributed by atoms with Crippen molar-refractivity contribution in [1.29, 1.82) is 0 Å². The highest BCUT2D eigenvalue weighted by atomic mass is 16.6. The molecule has 0 aliphatic heterocycles. The molecule has 25 heavy (non-hydrogen) atoms. The fourth-order valence-electron chi connectivity index (χ4n) is 2.68. The predicted molar refractivity (Wildman–Crippen MR) is 95.6 cm³/mol. The Morgan fingerprint density at radius 2 is 1.84 bits per heavy atom. The van der Waals surface area contributed by atoms with Gasteiger partial charge in [0.25, 0.3) is 5.69 Å². The third-order valence-corrected chi connectivity index (χ3v) is 4.05. The molecule has 2 rings (SSSR count). The summed E-state index contributed by atoms with van der Waals surface area (Å²) in [6, 6.07) is 13.7. The molecule has 0 heterocycles. The first kappa shape index (κ1) is 18.6. The number of hydrogen-bond acceptors (Lipinski definition) is 4. The van der Waals surface area contributed by atoms with E-state index in [1.54, 1.807) is 12.1 Å². The molecule has 0 saturated carbocycles. The van der Waals surface area contributed by atoms with Gasteiger partial charge in [0.1, 0.15) is 6.04 Å². The lowest BCUT2D eigenvalue weighted by Crippen LogP contribution is -2.38. The van der Waals surface area contributed by atoms with Gasteiger partial charge in [-0.05, 0) is 23.5 Å². The number of carbonyl (C=O) groups is 1. The maximum atomic E-state index is 11.5. The van der Waals surface area contributed by atoms with Crippen molar-refractivity contribution in [2.24, 2.45) is 0 Å². The minimum Gasteiger partial charge on any atom is -0.480 e. The molecule has 6 nitrogen and oxygen atoms in total. The molecule has 2 aromatic carbocycles. The zero-order valence-electron chi connectivity index (χ0n) is 14.3. The van der Waals surface area contributed by atoms with Gasteiger partial charge < -0.3 is 10.4 Å². The normalized spacial score (nSPS) is 12.1. The summed E-state index contributed by atoms with van der Waals surface area (Å²) in [6.45, 7) is 4.06. The highest BCUT2D eigenvalue weighted by molar-refractivity contribution is 5.73. The van der Waals surface area contributed by atoms with Crippen LogP contribution in [-0.2, 0) is 17.8 Å². The first-order valence-corrected chi connectivity index (χ1v) is 8.15. The van der Waals surface area contributed by atoms with Gasteiger partial charge in [-0.25, -0.2) is 0 Å². The van der Waals surface area contributed by atoms with Crippen LogP contribution < -0.4 is 5.32 Å². The minimum absolute atomic E-state index is 0.0484. The molecule has 132 valence electrons. The van der Waals surface area contributed by atoms with E-state index in [9.17, 15) is 20.0 Å². The van der Waals surface area contributed by atoms with Gasteiger partial charge in [0.15, 0.2) is 0 Å². The quantitative estimate of drug-likeness (QED) is 0.566. The van der Waals surface area contributed by atoms with E-state index in [1.165, 1.54) is 6.07 Å². The lowest BCUT2D eigenvalue weighted by molar-refractivity contribution is -0.385. The second-order valence-electron chi connectivity index (χ2n) is 6.27. The highest BCUT2D eigenvalue weighted by Crippen LogP contribution is 2.27. The summed E-state index contributed by atoms with van der Waals surface area (Å²) in [4.78, 5) is 22.3. The number of rotatable bonds is 8. The van der Waals surface area contributed by atoms with Gasteiger partial charge in [0, 0.05) is 18.2 Å². The van der Waals surface area contributed by atoms with E-state index in [2.05, 4.69) is 5.32 Å². The Kier molecular flexibility index (Phi) is 6.25. The molecular weight excluding hydrogens is 320 g/mol. The molecule has 0 bridgehead atoms. The van der Waals surface area contributed by atoms with Crippen LogP contribution in [0.3, 0.4) is 0 Å². The lowest BCUT2D eigenvalue weighted by atomic mass is 9.99. The van der Waals surface area contributed by atoms with Gasteiger partial charge in [0.05, 0.1) is 4.92 Å². The average molecular weight is 342 g/mol. The van der Waals surface area contributed by atoms with Crippen molar-refractivity contribution in [1.82, 2.24) is 5.32 Å². The number of benzene rings is 2. The first-order valence-electron chi connectivity index (χ1n) is 8.15. The van der Waals surface area contributed by atoms with Crippen molar-refractivity contribution in [3.05, 3.63) is 75.3 Å². The summed E-state index contributed by atoms with van der Waals surface area (Å²) in [7, 11) is 0. The molecule has 0 saturated heterocycles. The first-order chi connectivity index (χ1) is 11.9. The molecule has 2 N–H and O–H groups in total. The Morgan fingerprint density at radius 3 is 2.40 bits per heavy atom. The largest absolute Gasteiger partial charge is 0.480 e. The molecule has 0 aliphatic carbocycles. The number of nitrogens with one attached hydrogen (secondary N) is 1. The molecule has 0 spiro atoms. The summed E-state index contributed by atoms with van der Waals surface area (Å²) >= 11 is 0. The van der Waals surface area contributed by atoms with Crippen LogP contribution in [0.4, 0.5) is 5.69 Å². The van der Waals surface area contributed by atoms with Crippen molar-refractivity contribution in [2.45, 2.75) is 38.8 Å². The van der Waals surface area contributed by atoms with E-state index < -0.39 is 16.9 Å². The van der Waals surface area contributed by atoms with Crippen LogP contribution in [0, 0.1) is 10.1 Å². The van der Waals surface area contributed by atoms with E-state index in [0.29, 0.717) is 17.5 Å². The fourth-order valence-corrected chi connectivity index (χ4v) is 2.68. The molecule has 0 aliphatic rings. The number of nitro benzene ring substituents is 1. The molecule has 0 amide bonds. The van der Waals surface area contributed by atoms with Gasteiger partial charge in [-0.1, -0.05) is 56.3 Å². The van der Waals surface area contributed by atoms with Crippen LogP contribution in [0.5, 0.6) is 0 Å². The van der Waals surface area contributed by atoms with Crippen molar-refractivity contribution < 1.29 is 14.8 Å². The third-order valence-electron chi connectivity index (χ3n) is 4.05. The summed E-state index contributed by atoms with van der Waals surface area (Å²) in [5.74, 6) is -0.899. The molecular formula is C19H22N2O4. The van der Waals surface area contributed by atoms with Crippen LogP contribution in [0.1, 0.15) is 36.5 Å². The van der Waals surface area contributed by atoms with Crippen LogP contribution in [0.2, 0.25) is 0 Å².